The molecule has 0 aliphatic carbocycles. The summed E-state index contributed by atoms with van der Waals surface area (Å²) in [6, 6.07) is -0.987. The predicted octanol–water partition coefficient (Wildman–Crippen LogP) is -2.05. The minimum atomic E-state index is -1.30. The van der Waals surface area contributed by atoms with Crippen LogP contribution in [0.1, 0.15) is 13.8 Å². The van der Waals surface area contributed by atoms with Crippen LogP contribution < -0.4 is 5.32 Å². The SMILES string of the molecule is CC(=O)NC1C(O)OC(C)[C@@H](O)C1O. The zero-order valence-corrected chi connectivity index (χ0v) is 8.04. The number of aliphatic hydroxyl groups excluding tert-OH is 3. The molecule has 0 saturated carbocycles. The molecule has 0 spiro atoms. The van der Waals surface area contributed by atoms with Gasteiger partial charge in [0.2, 0.25) is 5.91 Å². The third-order valence-electron chi connectivity index (χ3n) is 2.23. The van der Waals surface area contributed by atoms with Crippen LogP contribution in [0.15, 0.2) is 0 Å². The maximum absolute atomic E-state index is 10.7. The molecule has 1 rings (SSSR count). The largest absolute Gasteiger partial charge is 0.388 e. The first-order valence-electron chi connectivity index (χ1n) is 4.40. The van der Waals surface area contributed by atoms with Gasteiger partial charge in [0.25, 0.3) is 0 Å². The average molecular weight is 205 g/mol. The summed E-state index contributed by atoms with van der Waals surface area (Å²) in [4.78, 5) is 10.7. The smallest absolute Gasteiger partial charge is 0.217 e. The zero-order valence-electron chi connectivity index (χ0n) is 8.04. The van der Waals surface area contributed by atoms with Gasteiger partial charge in [0, 0.05) is 6.92 Å². The van der Waals surface area contributed by atoms with Crippen LogP contribution in [-0.4, -0.2) is 51.9 Å². The molecule has 0 aromatic carbocycles. The second-order valence-electron chi connectivity index (χ2n) is 3.44. The molecule has 4 unspecified atom stereocenters. The van der Waals surface area contributed by atoms with Gasteiger partial charge in [-0.2, -0.15) is 0 Å². The quantitative estimate of drug-likeness (QED) is 0.395. The van der Waals surface area contributed by atoms with Crippen molar-refractivity contribution in [3.8, 4) is 0 Å². The Labute approximate surface area is 81.5 Å². The van der Waals surface area contributed by atoms with E-state index in [4.69, 9.17) is 4.74 Å². The first kappa shape index (κ1) is 11.4. The number of ether oxygens (including phenoxy) is 1. The summed E-state index contributed by atoms with van der Waals surface area (Å²) in [5.41, 5.74) is 0. The first-order chi connectivity index (χ1) is 6.43. The van der Waals surface area contributed by atoms with Crippen molar-refractivity contribution < 1.29 is 24.9 Å². The van der Waals surface area contributed by atoms with Crippen molar-refractivity contribution in [1.82, 2.24) is 5.32 Å². The van der Waals surface area contributed by atoms with Gasteiger partial charge in [-0.3, -0.25) is 4.79 Å². The summed E-state index contributed by atoms with van der Waals surface area (Å²) >= 11 is 0. The minimum absolute atomic E-state index is 0.404. The van der Waals surface area contributed by atoms with E-state index in [-0.39, 0.29) is 0 Å². The molecule has 1 fully saturated rings. The highest BCUT2D eigenvalue weighted by atomic mass is 16.6. The van der Waals surface area contributed by atoms with Gasteiger partial charge in [0.1, 0.15) is 18.2 Å². The number of hydrogen-bond donors (Lipinski definition) is 4. The lowest BCUT2D eigenvalue weighted by Crippen LogP contribution is -2.62. The fourth-order valence-electron chi connectivity index (χ4n) is 1.44. The van der Waals surface area contributed by atoms with Crippen molar-refractivity contribution in [2.45, 2.75) is 44.5 Å². The molecule has 1 saturated heterocycles. The maximum atomic E-state index is 10.7. The first-order valence-corrected chi connectivity index (χ1v) is 4.40. The van der Waals surface area contributed by atoms with Crippen molar-refractivity contribution in [2.75, 3.05) is 0 Å². The van der Waals surface area contributed by atoms with Crippen LogP contribution in [0.2, 0.25) is 0 Å². The highest BCUT2D eigenvalue weighted by molar-refractivity contribution is 5.73. The van der Waals surface area contributed by atoms with Crippen molar-refractivity contribution >= 4 is 5.91 Å². The Morgan fingerprint density at radius 2 is 1.86 bits per heavy atom. The molecule has 0 aromatic heterocycles. The van der Waals surface area contributed by atoms with E-state index in [1.165, 1.54) is 13.8 Å². The van der Waals surface area contributed by atoms with Gasteiger partial charge in [0.15, 0.2) is 6.29 Å². The van der Waals surface area contributed by atoms with Gasteiger partial charge in [-0.15, -0.1) is 0 Å². The van der Waals surface area contributed by atoms with Gasteiger partial charge in [-0.1, -0.05) is 0 Å². The molecule has 6 nitrogen and oxygen atoms in total. The van der Waals surface area contributed by atoms with E-state index in [9.17, 15) is 20.1 Å². The van der Waals surface area contributed by atoms with E-state index in [1.54, 1.807) is 0 Å². The Kier molecular flexibility index (Phi) is 3.43. The summed E-state index contributed by atoms with van der Waals surface area (Å²) in [6.07, 6.45) is -4.30. The maximum Gasteiger partial charge on any atom is 0.217 e. The van der Waals surface area contributed by atoms with Crippen molar-refractivity contribution in [3.63, 3.8) is 0 Å². The molecule has 6 heteroatoms. The lowest BCUT2D eigenvalue weighted by molar-refractivity contribution is -0.242. The molecule has 1 heterocycles. The van der Waals surface area contributed by atoms with E-state index in [0.717, 1.165) is 0 Å². The van der Waals surface area contributed by atoms with Crippen LogP contribution in [0.25, 0.3) is 0 Å². The van der Waals surface area contributed by atoms with E-state index in [0.29, 0.717) is 0 Å². The lowest BCUT2D eigenvalue weighted by atomic mass is 9.98. The predicted molar refractivity (Wildman–Crippen MR) is 46.2 cm³/mol. The minimum Gasteiger partial charge on any atom is -0.388 e. The van der Waals surface area contributed by atoms with Gasteiger partial charge in [0.05, 0.1) is 6.10 Å². The fraction of sp³-hybridized carbons (Fsp3) is 0.875. The third kappa shape index (κ3) is 2.21. The number of carbonyl (C=O) groups excluding carboxylic acids is 1. The molecule has 1 aliphatic rings. The Morgan fingerprint density at radius 3 is 2.36 bits per heavy atom. The Morgan fingerprint density at radius 1 is 1.29 bits per heavy atom. The van der Waals surface area contributed by atoms with Crippen molar-refractivity contribution in [2.24, 2.45) is 0 Å². The van der Waals surface area contributed by atoms with Crippen LogP contribution in [0, 0.1) is 0 Å². The molecule has 82 valence electrons. The van der Waals surface area contributed by atoms with Crippen LogP contribution in [0.5, 0.6) is 0 Å². The third-order valence-corrected chi connectivity index (χ3v) is 2.23. The Bertz CT molecular complexity index is 222. The Balaban J connectivity index is 2.68. The van der Waals surface area contributed by atoms with Crippen molar-refractivity contribution in [3.05, 3.63) is 0 Å². The second kappa shape index (κ2) is 4.22. The molecular weight excluding hydrogens is 190 g/mol. The number of aliphatic hydroxyl groups is 3. The zero-order chi connectivity index (χ0) is 10.9. The molecule has 0 bridgehead atoms. The van der Waals surface area contributed by atoms with Crippen LogP contribution in [0.3, 0.4) is 0 Å². The molecule has 5 atom stereocenters. The molecule has 0 radical (unpaired) electrons. The average Bonchev–Trinajstić information content (AvgIpc) is 2.09. The molecule has 0 aromatic rings. The van der Waals surface area contributed by atoms with Gasteiger partial charge < -0.3 is 25.4 Å². The summed E-state index contributed by atoms with van der Waals surface area (Å²) in [5, 5.41) is 30.6. The summed E-state index contributed by atoms with van der Waals surface area (Å²) in [5.74, 6) is -0.404. The van der Waals surface area contributed by atoms with Crippen LogP contribution in [0.4, 0.5) is 0 Å². The highest BCUT2D eigenvalue weighted by Gasteiger charge is 2.42. The highest BCUT2D eigenvalue weighted by Crippen LogP contribution is 2.19. The number of hydrogen-bond acceptors (Lipinski definition) is 5. The molecule has 14 heavy (non-hydrogen) atoms. The van der Waals surface area contributed by atoms with E-state index < -0.39 is 36.6 Å². The molecule has 4 N–H and O–H groups in total. The number of amides is 1. The topological polar surface area (TPSA) is 99.0 Å². The Hall–Kier alpha value is -0.690. The standard InChI is InChI=1S/C8H15NO5/c1-3-6(11)7(12)5(8(13)14-3)9-4(2)10/h3,5-8,11-13H,1-2H3,(H,9,10)/t3?,5?,6-,7?,8?/m1/s1. The van der Waals surface area contributed by atoms with E-state index >= 15 is 0 Å². The monoisotopic (exact) mass is 205 g/mol. The number of carbonyl (C=O) groups is 1. The normalized spacial score (nSPS) is 43.4. The van der Waals surface area contributed by atoms with Crippen LogP contribution >= 0.6 is 0 Å². The van der Waals surface area contributed by atoms with E-state index in [2.05, 4.69) is 5.32 Å². The molecule has 1 amide bonds. The van der Waals surface area contributed by atoms with Crippen LogP contribution in [-0.2, 0) is 9.53 Å². The second-order valence-corrected chi connectivity index (χ2v) is 3.44. The number of nitrogens with one attached hydrogen (secondary N) is 1. The molecular formula is C8H15NO5. The summed E-state index contributed by atoms with van der Waals surface area (Å²) < 4.78 is 4.91. The summed E-state index contributed by atoms with van der Waals surface area (Å²) in [6.45, 7) is 2.78. The summed E-state index contributed by atoms with van der Waals surface area (Å²) in [7, 11) is 0. The van der Waals surface area contributed by atoms with Gasteiger partial charge >= 0.3 is 0 Å². The fourth-order valence-corrected chi connectivity index (χ4v) is 1.44. The lowest BCUT2D eigenvalue weighted by Gasteiger charge is -2.39. The number of rotatable bonds is 1. The van der Waals surface area contributed by atoms with Gasteiger partial charge in [-0.05, 0) is 6.92 Å². The van der Waals surface area contributed by atoms with Crippen molar-refractivity contribution in [1.29, 1.82) is 0 Å². The molecule has 1 aliphatic heterocycles. The van der Waals surface area contributed by atoms with E-state index in [1.807, 2.05) is 0 Å². The van der Waals surface area contributed by atoms with Gasteiger partial charge in [-0.25, -0.2) is 0 Å².